The third-order valence-electron chi connectivity index (χ3n) is 4.37. The Hall–Kier alpha value is -1.81. The summed E-state index contributed by atoms with van der Waals surface area (Å²) in [6.07, 6.45) is 1.78. The number of hydrogen-bond donors (Lipinski definition) is 0. The Morgan fingerprint density at radius 2 is 1.66 bits per heavy atom. The molecule has 0 atom stereocenters. The van der Waals surface area contributed by atoms with Gasteiger partial charge in [-0.1, -0.05) is 47.5 Å². The second-order valence-electron chi connectivity index (χ2n) is 6.43. The summed E-state index contributed by atoms with van der Waals surface area (Å²) in [7, 11) is 9.53. The molecule has 0 unspecified atom stereocenters. The van der Waals surface area contributed by atoms with Crippen LogP contribution in [0.5, 0.6) is 0 Å². The number of aryl methyl sites for hydroxylation is 2. The van der Waals surface area contributed by atoms with E-state index in [9.17, 15) is 0 Å². The fraction of sp³-hybridized carbons (Fsp3) is 0.0909. The van der Waals surface area contributed by atoms with E-state index in [1.165, 1.54) is 0 Å². The molecule has 0 spiro atoms. The molecule has 0 saturated carbocycles. The average Bonchev–Trinajstić information content (AvgIpc) is 2.70. The van der Waals surface area contributed by atoms with E-state index < -0.39 is 0 Å². The normalized spacial score (nSPS) is 10.5. The van der Waals surface area contributed by atoms with Crippen LogP contribution in [-0.2, 0) is 13.1 Å². The minimum absolute atomic E-state index is 0.194. The molecule has 0 aliphatic heterocycles. The second-order valence-corrected chi connectivity index (χ2v) is 8.66. The molecule has 0 bridgehead atoms. The van der Waals surface area contributed by atoms with Crippen LogP contribution < -0.4 is 0 Å². The molecular weight excluding hydrogens is 468 g/mol. The Balaban J connectivity index is 0.000000755. The van der Waals surface area contributed by atoms with Crippen LogP contribution in [0.25, 0.3) is 32.8 Å². The predicted molar refractivity (Wildman–Crippen MR) is 122 cm³/mol. The summed E-state index contributed by atoms with van der Waals surface area (Å²) in [5.74, 6) is 0. The molecule has 0 amide bonds. The quantitative estimate of drug-likeness (QED) is 0.217. The van der Waals surface area contributed by atoms with Crippen LogP contribution in [0.2, 0.25) is 5.02 Å². The van der Waals surface area contributed by atoms with Crippen molar-refractivity contribution < 1.29 is 13.1 Å². The van der Waals surface area contributed by atoms with E-state index in [-0.39, 0.29) is 13.1 Å². The maximum absolute atomic E-state index is 6.37. The summed E-state index contributed by atoms with van der Waals surface area (Å²) in [5.41, 5.74) is 5.89. The Kier molecular flexibility index (Phi) is 7.39. The number of pyridine rings is 2. The summed E-state index contributed by atoms with van der Waals surface area (Å²) < 4.78 is 0. The molecule has 149 valence electrons. The van der Waals surface area contributed by atoms with Gasteiger partial charge in [-0.3, -0.25) is 4.98 Å². The molecule has 4 aromatic rings. The van der Waals surface area contributed by atoms with Gasteiger partial charge >= 0.3 is 33.3 Å². The van der Waals surface area contributed by atoms with Crippen molar-refractivity contribution in [1.82, 2.24) is 9.97 Å². The minimum atomic E-state index is 0.194. The van der Waals surface area contributed by atoms with Gasteiger partial charge in [-0.2, -0.15) is 0 Å². The van der Waals surface area contributed by atoms with Crippen molar-refractivity contribution in [2.24, 2.45) is 0 Å². The van der Waals surface area contributed by atoms with E-state index in [1.807, 2.05) is 44.2 Å². The summed E-state index contributed by atoms with van der Waals surface area (Å²) in [4.78, 5) is 9.27. The monoisotopic (exact) mass is 484 g/mol. The van der Waals surface area contributed by atoms with Crippen LogP contribution in [0, 0.1) is 13.8 Å². The first kappa shape index (κ1) is 21.9. The van der Waals surface area contributed by atoms with E-state index in [4.69, 9.17) is 36.8 Å². The molecule has 0 radical (unpaired) electrons. The van der Waals surface area contributed by atoms with Crippen LogP contribution in [0.4, 0.5) is 5.69 Å². The van der Waals surface area contributed by atoms with Gasteiger partial charge in [0.1, 0.15) is 0 Å². The molecule has 29 heavy (non-hydrogen) atoms. The number of rotatable bonds is 3. The van der Waals surface area contributed by atoms with Crippen LogP contribution in [0.15, 0.2) is 61.3 Å². The number of hydrogen-bond acceptors (Lipinski definition) is 2. The molecule has 2 heterocycles. The summed E-state index contributed by atoms with van der Waals surface area (Å²) in [6.45, 7) is 8.11. The zero-order valence-corrected chi connectivity index (χ0v) is 19.1. The fourth-order valence-corrected chi connectivity index (χ4v) is 3.49. The van der Waals surface area contributed by atoms with Gasteiger partial charge in [0, 0.05) is 27.7 Å². The van der Waals surface area contributed by atoms with Gasteiger partial charge in [-0.05, 0) is 37.6 Å². The van der Waals surface area contributed by atoms with Crippen molar-refractivity contribution in [3.63, 3.8) is 0 Å². The van der Waals surface area contributed by atoms with E-state index in [0.29, 0.717) is 16.4 Å². The Labute approximate surface area is 189 Å². The van der Waals surface area contributed by atoms with Crippen LogP contribution in [-0.4, -0.2) is 9.97 Å². The van der Waals surface area contributed by atoms with Gasteiger partial charge in [-0.15, -0.1) is 18.0 Å². The molecule has 0 aliphatic rings. The Morgan fingerprint density at radius 1 is 1.00 bits per heavy atom. The molecule has 4 rings (SSSR count). The number of nitrogens with zero attached hydrogens (tertiary/aromatic N) is 3. The van der Waals surface area contributed by atoms with Crippen LogP contribution in [0.1, 0.15) is 16.8 Å². The third kappa shape index (κ3) is 5.03. The van der Waals surface area contributed by atoms with E-state index in [1.54, 1.807) is 6.20 Å². The number of benzene rings is 2. The molecule has 2 aromatic heterocycles. The van der Waals surface area contributed by atoms with Crippen LogP contribution >= 0.6 is 31.8 Å². The van der Waals surface area contributed by atoms with Crippen molar-refractivity contribution in [2.45, 2.75) is 13.8 Å². The number of fused-ring (bicyclic) bond motifs is 3. The van der Waals surface area contributed by atoms with Gasteiger partial charge in [0.05, 0.1) is 11.0 Å². The first-order chi connectivity index (χ1) is 13.9. The first-order valence-corrected chi connectivity index (χ1v) is 12.0. The Bertz CT molecular complexity index is 1170. The van der Waals surface area contributed by atoms with E-state index in [0.717, 1.165) is 38.6 Å². The van der Waals surface area contributed by atoms with E-state index >= 15 is 0 Å². The third-order valence-corrected chi connectivity index (χ3v) is 4.66. The van der Waals surface area contributed by atoms with Crippen LogP contribution in [0.3, 0.4) is 0 Å². The summed E-state index contributed by atoms with van der Waals surface area (Å²) in [5, 5.41) is 7.37. The molecule has 7 heteroatoms. The van der Waals surface area contributed by atoms with Gasteiger partial charge in [0.15, 0.2) is 0 Å². The second kappa shape index (κ2) is 9.79. The molecular formula is C22H17Cl3FeN3. The molecule has 0 N–H and O–H groups in total. The number of halogens is 3. The van der Waals surface area contributed by atoms with E-state index in [2.05, 4.69) is 35.1 Å². The van der Waals surface area contributed by atoms with Crippen molar-refractivity contribution >= 4 is 65.0 Å². The molecule has 0 fully saturated rings. The van der Waals surface area contributed by atoms with Gasteiger partial charge in [-0.25, -0.2) is 4.98 Å². The SMILES string of the molecule is C=C([N-]c1c(C)cc(C)cc1Cl)c1ccc2ccc3cccnc3c2n1.[Cl][Fe+][Cl]. The molecule has 2 aromatic carbocycles. The maximum atomic E-state index is 6.37. The topological polar surface area (TPSA) is 39.9 Å². The molecule has 0 aliphatic carbocycles. The summed E-state index contributed by atoms with van der Waals surface area (Å²) >= 11 is 6.57. The predicted octanol–water partition coefficient (Wildman–Crippen LogP) is 8.11. The zero-order valence-electron chi connectivity index (χ0n) is 15.7. The van der Waals surface area contributed by atoms with Gasteiger partial charge < -0.3 is 5.32 Å². The van der Waals surface area contributed by atoms with Crippen molar-refractivity contribution in [3.8, 4) is 0 Å². The van der Waals surface area contributed by atoms with Gasteiger partial charge in [0.2, 0.25) is 0 Å². The fourth-order valence-electron chi connectivity index (χ4n) is 3.13. The van der Waals surface area contributed by atoms with Crippen molar-refractivity contribution in [2.75, 3.05) is 0 Å². The first-order valence-electron chi connectivity index (χ1n) is 8.62. The zero-order chi connectivity index (χ0) is 21.0. The average molecular weight is 486 g/mol. The molecule has 0 saturated heterocycles. The standard InChI is InChI=1S/C22H17ClN3.2ClH.Fe/c1-13-11-14(2)20(18(23)12-13)25-15(3)19-9-8-17-7-6-16-5-4-10-24-21(16)22(17)26-19;;;/h4-12H,3H2,1-2H3;2*1H;/q-1;;;+3/p-2. The van der Waals surface area contributed by atoms with Gasteiger partial charge in [0.25, 0.3) is 0 Å². The summed E-state index contributed by atoms with van der Waals surface area (Å²) in [6, 6.07) is 16.0. The van der Waals surface area contributed by atoms with Crippen molar-refractivity contribution in [3.05, 3.63) is 88.5 Å². The Morgan fingerprint density at radius 3 is 2.34 bits per heavy atom. The molecule has 3 nitrogen and oxygen atoms in total. The van der Waals surface area contributed by atoms with Crippen molar-refractivity contribution in [1.29, 1.82) is 0 Å². The number of aromatic nitrogens is 2.